The van der Waals surface area contributed by atoms with Crippen LogP contribution in [0.25, 0.3) is 0 Å². The van der Waals surface area contributed by atoms with Gasteiger partial charge in [0.15, 0.2) is 0 Å². The molecule has 127 heavy (non-hydrogen) atoms. The summed E-state index contributed by atoms with van der Waals surface area (Å²) in [6, 6.07) is 3.78. The molecule has 1 atom stereocenters. The highest BCUT2D eigenvalue weighted by Gasteiger charge is 2.18. The van der Waals surface area contributed by atoms with Gasteiger partial charge in [0.05, 0.1) is 30.8 Å². The average Bonchev–Trinajstić information content (AvgIpc) is 1.76. The van der Waals surface area contributed by atoms with Crippen LogP contribution in [-0.2, 0) is 38.4 Å². The van der Waals surface area contributed by atoms with Crippen LogP contribution in [0.4, 0.5) is 0 Å². The lowest BCUT2D eigenvalue weighted by Crippen LogP contribution is -2.43. The molecule has 0 saturated carbocycles. The van der Waals surface area contributed by atoms with Crippen molar-refractivity contribution in [1.29, 1.82) is 0 Å². The number of likely N-dealkylation sites (tertiary alicyclic amines) is 4. The highest BCUT2D eigenvalue weighted by Crippen LogP contribution is 2.15. The fourth-order valence-corrected chi connectivity index (χ4v) is 13.0. The van der Waals surface area contributed by atoms with Gasteiger partial charge in [-0.2, -0.15) is 0 Å². The second kappa shape index (κ2) is 84.0. The first-order valence-electron chi connectivity index (χ1n) is 48.9. The van der Waals surface area contributed by atoms with Gasteiger partial charge in [-0.3, -0.25) is 53.3 Å². The van der Waals surface area contributed by atoms with Crippen LogP contribution in [0.2, 0.25) is 0 Å². The first kappa shape index (κ1) is 129. The van der Waals surface area contributed by atoms with E-state index < -0.39 is 0 Å². The van der Waals surface area contributed by atoms with Gasteiger partial charge >= 0.3 is 0 Å². The van der Waals surface area contributed by atoms with Gasteiger partial charge in [0.2, 0.25) is 47.3 Å². The zero-order valence-electron chi connectivity index (χ0n) is 87.4. The molecule has 4 fully saturated rings. The molecule has 0 bridgehead atoms. The van der Waals surface area contributed by atoms with Gasteiger partial charge in [-0.1, -0.05) is 38.2 Å². The molecular formula is C97H202N22O8. The van der Waals surface area contributed by atoms with Crippen molar-refractivity contribution in [2.24, 2.45) is 26.4 Å². The van der Waals surface area contributed by atoms with Crippen molar-refractivity contribution in [3.8, 4) is 0 Å². The maximum absolute atomic E-state index is 11.4. The largest absolute Gasteiger partial charge is 0.388 e. The molecule has 6 aliphatic rings. The van der Waals surface area contributed by atoms with E-state index in [2.05, 4.69) is 140 Å². The Balaban J connectivity index is -0.000000431. The molecule has 8 amide bonds. The van der Waals surface area contributed by atoms with Crippen LogP contribution < -0.4 is 59.3 Å². The van der Waals surface area contributed by atoms with Crippen LogP contribution in [-0.4, -0.2) is 338 Å². The van der Waals surface area contributed by atoms with Crippen LogP contribution in [0.5, 0.6) is 0 Å². The van der Waals surface area contributed by atoms with E-state index in [1.54, 1.807) is 6.92 Å². The van der Waals surface area contributed by atoms with E-state index in [-0.39, 0.29) is 108 Å². The zero-order chi connectivity index (χ0) is 97.8. The molecule has 4 saturated heterocycles. The molecule has 30 nitrogen and oxygen atoms in total. The molecule has 6 rings (SSSR count). The van der Waals surface area contributed by atoms with E-state index in [1.807, 2.05) is 183 Å². The normalized spacial score (nSPS) is 15.5. The van der Waals surface area contributed by atoms with E-state index in [9.17, 15) is 38.4 Å². The number of carbonyl (C=O) groups excluding carboxylic acids is 8. The van der Waals surface area contributed by atoms with Gasteiger partial charge in [-0.25, -0.2) is 0 Å². The number of likely N-dealkylation sites (N-methyl/N-ethyl adjacent to an activating group) is 1. The molecule has 748 valence electrons. The van der Waals surface area contributed by atoms with Crippen molar-refractivity contribution in [2.45, 2.75) is 392 Å². The Bertz CT molecular complexity index is 2770. The molecule has 30 heteroatoms. The van der Waals surface area contributed by atoms with Gasteiger partial charge in [0.1, 0.15) is 6.54 Å². The first-order valence-corrected chi connectivity index (χ1v) is 48.9. The van der Waals surface area contributed by atoms with Gasteiger partial charge < -0.3 is 98.5 Å². The van der Waals surface area contributed by atoms with Crippen LogP contribution in [0.3, 0.4) is 0 Å². The average molecular weight is 1800 g/mol. The number of nitrogens with two attached hydrogens (primary N) is 2. The van der Waals surface area contributed by atoms with Crippen LogP contribution in [0, 0.1) is 0 Å². The number of nitrogens with zero attached hydrogens (tertiary/aromatic N) is 11. The van der Waals surface area contributed by atoms with Crippen LogP contribution in [0.15, 0.2) is 26.8 Å². The second-order valence-corrected chi connectivity index (χ2v) is 38.4. The van der Waals surface area contributed by atoms with Crippen molar-refractivity contribution in [3.05, 3.63) is 11.8 Å². The number of aliphatic imine (C=N–C) groups is 3. The molecule has 0 aromatic rings. The third kappa shape index (κ3) is 97.1. The third-order valence-corrected chi connectivity index (χ3v) is 19.4. The minimum atomic E-state index is -0.352. The number of nitrogens with one attached hydrogen (secondary N) is 9. The Morgan fingerprint density at radius 2 is 0.756 bits per heavy atom. The zero-order valence-corrected chi connectivity index (χ0v) is 87.4. The summed E-state index contributed by atoms with van der Waals surface area (Å²) in [6.45, 7) is 63.4. The van der Waals surface area contributed by atoms with Gasteiger partial charge in [0.25, 0.3) is 0 Å². The summed E-state index contributed by atoms with van der Waals surface area (Å²) in [5.41, 5.74) is 12.0. The summed E-state index contributed by atoms with van der Waals surface area (Å²) >= 11 is 0. The minimum absolute atomic E-state index is 0.0325. The van der Waals surface area contributed by atoms with Crippen molar-refractivity contribution < 1.29 is 38.4 Å². The highest BCUT2D eigenvalue weighted by atomic mass is 16.2. The number of allylic oxidation sites excluding steroid dienone is 2. The molecule has 6 aliphatic heterocycles. The fourth-order valence-electron chi connectivity index (χ4n) is 13.0. The summed E-state index contributed by atoms with van der Waals surface area (Å²) in [7, 11) is 15.8. The molecule has 6 heterocycles. The standard InChI is InChI=1S/C12H24N2O.C11H25N3O.C10H16N2O.C9H17N3O.C9H20N2O.C8H18N2O.3C8H17N.C7H15N3O.C7H16N2O/c1-11(2)13-12(15)7-6-10-14-8-4-3-5-9-14;1-9(2)13-11(15)10(12)7-5-6-8-14(3)4;1-8(2)12-10(13)6-5-9-4-3-7-11-9;1-7(2)12-9(13)4-3-8-10-5-6-11-8;1-8(2)10-9(12)6-5-7-11(3)4;1-7(2)9-8(11)5-6-10(3)4;3*1-8(2)9-6-4-3-5-7-9;1-5(2)10-7(11)4-9-6(3)8;1-6(2)8-7(10)5-9(3)4/h11H,3-10H2,1-2H3,(H,13,15);9-10H,5-8,12H2,1-4H3,(H,13,15);4,7-8H,3,5-6H2,1-2H3,(H,12,13);7H,3-6H2,1-2H3,(H,10,11)(H,12,13);8H,5-7H2,1-4H3,(H,10,12);7H,5-6H2,1-4H3,(H,9,11);3*8H,3-7H2,1-2H3;5H,4H2,1-3H3,(H2,8,9)(H,10,11);6H,5H2,1-4H3,(H,8,10). The van der Waals surface area contributed by atoms with E-state index in [4.69, 9.17) is 11.5 Å². The van der Waals surface area contributed by atoms with E-state index in [1.165, 1.54) is 129 Å². The minimum Gasteiger partial charge on any atom is -0.388 e. The summed E-state index contributed by atoms with van der Waals surface area (Å²) < 4.78 is 0. The predicted molar refractivity (Wildman–Crippen MR) is 539 cm³/mol. The van der Waals surface area contributed by atoms with Gasteiger partial charge in [-0.05, 0) is 371 Å². The smallest absolute Gasteiger partial charge is 0.241 e. The predicted octanol–water partition coefficient (Wildman–Crippen LogP) is 11.2. The first-order chi connectivity index (χ1) is 59.5. The van der Waals surface area contributed by atoms with Gasteiger partial charge in [-0.15, -0.1) is 0 Å². The quantitative estimate of drug-likeness (QED) is 0.0155. The van der Waals surface area contributed by atoms with Crippen molar-refractivity contribution in [3.63, 3.8) is 0 Å². The number of unbranched alkanes of at least 4 members (excludes halogenated alkanes) is 1. The maximum Gasteiger partial charge on any atom is 0.241 e. The Morgan fingerprint density at radius 3 is 1.09 bits per heavy atom. The second-order valence-electron chi connectivity index (χ2n) is 38.4. The third-order valence-electron chi connectivity index (χ3n) is 19.4. The van der Waals surface area contributed by atoms with E-state index in [0.717, 1.165) is 120 Å². The Kier molecular flexibility index (Phi) is 85.5. The summed E-state index contributed by atoms with van der Waals surface area (Å²) in [5, 5.41) is 25.8. The molecular weight excluding hydrogens is 1600 g/mol. The van der Waals surface area contributed by atoms with Crippen molar-refractivity contribution in [1.82, 2.24) is 87.1 Å². The number of rotatable bonds is 38. The number of hydrogen-bond donors (Lipinski definition) is 11. The maximum atomic E-state index is 11.4. The monoisotopic (exact) mass is 1800 g/mol. The molecule has 1 unspecified atom stereocenters. The molecule has 0 aromatic carbocycles. The number of piperidine rings is 4. The number of hydrogen-bond acceptors (Lipinski definition) is 21. The number of amidine groups is 2. The Labute approximate surface area is 778 Å². The Hall–Kier alpha value is -6.25. The van der Waals surface area contributed by atoms with Crippen molar-refractivity contribution >= 4 is 65.1 Å². The van der Waals surface area contributed by atoms with Crippen molar-refractivity contribution in [2.75, 3.05) is 161 Å². The topological polar surface area (TPSA) is 360 Å². The Morgan fingerprint density at radius 1 is 0.409 bits per heavy atom. The SMILES string of the molecule is CC(C)N1CCCCC1.CC(C)N1CCCCC1.CC(C)N1CCCCC1.CC(C)NC(=O)C(N)CCCCN(C)C.CC(C)NC(=O)CCC1=CCC=N1.CC(C)NC(=O)CCC1=NCCN1.CC(C)NC(=O)CCCN(C)C.CC(C)NC(=O)CCCN1CCCCC1.CC(C)NC(=O)CCN(C)C.CC(C)NC(=O)CN(C)C.CC(N)=NCC(=O)NC(C)C. The van der Waals surface area contributed by atoms with E-state index in [0.29, 0.717) is 44.5 Å². The van der Waals surface area contributed by atoms with Gasteiger partial charge in [0, 0.05) is 136 Å². The molecule has 0 aromatic heterocycles. The lowest BCUT2D eigenvalue weighted by atomic mass is 10.1. The molecule has 13 N–H and O–H groups in total. The number of amides is 8. The van der Waals surface area contributed by atoms with Crippen LogP contribution in [0.1, 0.15) is 320 Å². The number of carbonyl (C=O) groups is 8. The summed E-state index contributed by atoms with van der Waals surface area (Å²) in [6.07, 6.45) is 31.0. The lowest BCUT2D eigenvalue weighted by molar-refractivity contribution is -0.123. The highest BCUT2D eigenvalue weighted by molar-refractivity contribution is 5.88. The lowest BCUT2D eigenvalue weighted by Gasteiger charge is -2.29. The van der Waals surface area contributed by atoms with Crippen LogP contribution >= 0.6 is 0 Å². The molecule has 0 aliphatic carbocycles. The van der Waals surface area contributed by atoms with E-state index >= 15 is 0 Å². The summed E-state index contributed by atoms with van der Waals surface area (Å²) in [5.74, 6) is 2.06. The fraction of sp³-hybridized carbons (Fsp3) is 0.866. The molecule has 0 spiro atoms. The summed E-state index contributed by atoms with van der Waals surface area (Å²) in [4.78, 5) is 119. The molecule has 0 radical (unpaired) electrons.